The molecule has 3 rings (SSSR count). The second-order valence-electron chi connectivity index (χ2n) is 5.24. The highest BCUT2D eigenvalue weighted by Gasteiger charge is 2.17. The number of ether oxygens (including phenoxy) is 1. The minimum absolute atomic E-state index is 0.181. The fraction of sp³-hybridized carbons (Fsp3) is 0.312. The Balaban J connectivity index is 1.59. The van der Waals surface area contributed by atoms with E-state index in [1.165, 1.54) is 12.8 Å². The van der Waals surface area contributed by atoms with E-state index in [2.05, 4.69) is 20.6 Å². The van der Waals surface area contributed by atoms with Crippen LogP contribution in [0.15, 0.2) is 42.7 Å². The zero-order chi connectivity index (χ0) is 15.2. The van der Waals surface area contributed by atoms with Gasteiger partial charge in [0.05, 0.1) is 0 Å². The lowest BCUT2D eigenvalue weighted by Gasteiger charge is -2.13. The van der Waals surface area contributed by atoms with Crippen LogP contribution in [0.25, 0.3) is 0 Å². The molecule has 1 saturated carbocycles. The van der Waals surface area contributed by atoms with E-state index in [0.29, 0.717) is 11.4 Å². The number of hydrogen-bond acceptors (Lipinski definition) is 4. The van der Waals surface area contributed by atoms with Crippen molar-refractivity contribution in [2.45, 2.75) is 31.7 Å². The lowest BCUT2D eigenvalue weighted by molar-refractivity contribution is 0.248. The van der Waals surface area contributed by atoms with Gasteiger partial charge >= 0.3 is 12.0 Å². The third-order valence-corrected chi connectivity index (χ3v) is 3.53. The summed E-state index contributed by atoms with van der Waals surface area (Å²) in [6.07, 6.45) is 7.71. The Morgan fingerprint density at radius 3 is 2.68 bits per heavy atom. The van der Waals surface area contributed by atoms with Crippen LogP contribution in [0.5, 0.6) is 11.8 Å². The van der Waals surface area contributed by atoms with Crippen LogP contribution in [0, 0.1) is 0 Å². The first-order valence-corrected chi connectivity index (χ1v) is 7.42. The minimum Gasteiger partial charge on any atom is -0.424 e. The number of benzene rings is 1. The number of carbonyl (C=O) groups is 1. The van der Waals surface area contributed by atoms with E-state index in [1.54, 1.807) is 30.6 Å². The van der Waals surface area contributed by atoms with Gasteiger partial charge in [-0.3, -0.25) is 0 Å². The number of anilines is 1. The van der Waals surface area contributed by atoms with Crippen molar-refractivity contribution in [3.63, 3.8) is 0 Å². The molecule has 1 aromatic carbocycles. The average molecular weight is 298 g/mol. The van der Waals surface area contributed by atoms with Crippen molar-refractivity contribution >= 4 is 11.7 Å². The normalized spacial score (nSPS) is 14.5. The van der Waals surface area contributed by atoms with Crippen LogP contribution in [0.3, 0.4) is 0 Å². The van der Waals surface area contributed by atoms with E-state index in [-0.39, 0.29) is 18.1 Å². The maximum absolute atomic E-state index is 12.0. The minimum atomic E-state index is -0.181. The molecule has 0 bridgehead atoms. The standard InChI is InChI=1S/C16H18N4O2/c21-15(19-12-5-1-2-6-12)20-13-7-3-8-14(11-13)22-16-17-9-4-10-18-16/h3-4,7-12H,1-2,5-6H2,(H2,19,20,21). The second-order valence-corrected chi connectivity index (χ2v) is 5.24. The first kappa shape index (κ1) is 14.3. The molecular weight excluding hydrogens is 280 g/mol. The SMILES string of the molecule is O=C(Nc1cccc(Oc2ncccn2)c1)NC1CCCC1. The zero-order valence-electron chi connectivity index (χ0n) is 12.2. The summed E-state index contributed by atoms with van der Waals surface area (Å²) in [6, 6.07) is 9.25. The Morgan fingerprint density at radius 2 is 1.91 bits per heavy atom. The maximum Gasteiger partial charge on any atom is 0.321 e. The Hall–Kier alpha value is -2.63. The molecule has 0 atom stereocenters. The van der Waals surface area contributed by atoms with Gasteiger partial charge in [-0.2, -0.15) is 0 Å². The van der Waals surface area contributed by atoms with Crippen LogP contribution >= 0.6 is 0 Å². The van der Waals surface area contributed by atoms with Crippen LogP contribution < -0.4 is 15.4 Å². The molecular formula is C16H18N4O2. The number of urea groups is 1. The molecule has 0 radical (unpaired) electrons. The molecule has 0 saturated heterocycles. The van der Waals surface area contributed by atoms with E-state index >= 15 is 0 Å². The molecule has 114 valence electrons. The Bertz CT molecular complexity index is 627. The Labute approximate surface area is 128 Å². The van der Waals surface area contributed by atoms with Crippen molar-refractivity contribution in [2.75, 3.05) is 5.32 Å². The molecule has 6 heteroatoms. The van der Waals surface area contributed by atoms with Gasteiger partial charge in [-0.25, -0.2) is 14.8 Å². The van der Waals surface area contributed by atoms with Gasteiger partial charge in [-0.1, -0.05) is 18.9 Å². The summed E-state index contributed by atoms with van der Waals surface area (Å²) < 4.78 is 5.54. The van der Waals surface area contributed by atoms with Crippen LogP contribution in [-0.4, -0.2) is 22.0 Å². The summed E-state index contributed by atoms with van der Waals surface area (Å²) >= 11 is 0. The van der Waals surface area contributed by atoms with Crippen LogP contribution in [-0.2, 0) is 0 Å². The lowest BCUT2D eigenvalue weighted by atomic mass is 10.2. The third-order valence-electron chi connectivity index (χ3n) is 3.53. The van der Waals surface area contributed by atoms with Gasteiger partial charge in [0.25, 0.3) is 0 Å². The molecule has 0 aliphatic heterocycles. The van der Waals surface area contributed by atoms with Gasteiger partial charge in [-0.05, 0) is 31.0 Å². The number of nitrogens with zero attached hydrogens (tertiary/aromatic N) is 2. The van der Waals surface area contributed by atoms with Gasteiger partial charge in [0.15, 0.2) is 0 Å². The molecule has 1 fully saturated rings. The monoisotopic (exact) mass is 298 g/mol. The second kappa shape index (κ2) is 6.89. The molecule has 1 aliphatic carbocycles. The number of aromatic nitrogens is 2. The van der Waals surface area contributed by atoms with Gasteiger partial charge < -0.3 is 15.4 Å². The van der Waals surface area contributed by atoms with Crippen LogP contribution in [0.2, 0.25) is 0 Å². The summed E-state index contributed by atoms with van der Waals surface area (Å²) in [5.74, 6) is 0.574. The number of rotatable bonds is 4. The highest BCUT2D eigenvalue weighted by Crippen LogP contribution is 2.22. The van der Waals surface area contributed by atoms with E-state index in [0.717, 1.165) is 12.8 Å². The smallest absolute Gasteiger partial charge is 0.321 e. The topological polar surface area (TPSA) is 76.1 Å². The molecule has 0 unspecified atom stereocenters. The molecule has 6 nitrogen and oxygen atoms in total. The van der Waals surface area contributed by atoms with Crippen molar-refractivity contribution < 1.29 is 9.53 Å². The fourth-order valence-electron chi connectivity index (χ4n) is 2.50. The summed E-state index contributed by atoms with van der Waals surface area (Å²) in [6.45, 7) is 0. The average Bonchev–Trinajstić information content (AvgIpc) is 3.01. The largest absolute Gasteiger partial charge is 0.424 e. The van der Waals surface area contributed by atoms with Gasteiger partial charge in [0, 0.05) is 30.2 Å². The predicted octanol–water partition coefficient (Wildman–Crippen LogP) is 3.33. The predicted molar refractivity (Wildman–Crippen MR) is 83.0 cm³/mol. The Kier molecular flexibility index (Phi) is 4.48. The molecule has 2 N–H and O–H groups in total. The van der Waals surface area contributed by atoms with Gasteiger partial charge in [0.1, 0.15) is 5.75 Å². The summed E-state index contributed by atoms with van der Waals surface area (Å²) in [4.78, 5) is 20.0. The lowest BCUT2D eigenvalue weighted by Crippen LogP contribution is -2.36. The summed E-state index contributed by atoms with van der Waals surface area (Å²) in [7, 11) is 0. The quantitative estimate of drug-likeness (QED) is 0.907. The molecule has 1 heterocycles. The molecule has 2 amide bonds. The number of nitrogens with one attached hydrogen (secondary N) is 2. The van der Waals surface area contributed by atoms with Crippen molar-refractivity contribution in [3.05, 3.63) is 42.7 Å². The first-order valence-electron chi connectivity index (χ1n) is 7.42. The molecule has 0 spiro atoms. The highest BCUT2D eigenvalue weighted by molar-refractivity contribution is 5.89. The number of hydrogen-bond donors (Lipinski definition) is 2. The number of carbonyl (C=O) groups excluding carboxylic acids is 1. The van der Waals surface area contributed by atoms with E-state index in [1.807, 2.05) is 12.1 Å². The summed E-state index contributed by atoms with van der Waals surface area (Å²) in [5, 5.41) is 5.81. The molecule has 22 heavy (non-hydrogen) atoms. The van der Waals surface area contributed by atoms with Crippen LogP contribution in [0.4, 0.5) is 10.5 Å². The van der Waals surface area contributed by atoms with Crippen molar-refractivity contribution in [2.24, 2.45) is 0 Å². The molecule has 2 aromatic rings. The molecule has 1 aromatic heterocycles. The summed E-state index contributed by atoms with van der Waals surface area (Å²) in [5.41, 5.74) is 0.670. The van der Waals surface area contributed by atoms with Gasteiger partial charge in [-0.15, -0.1) is 0 Å². The van der Waals surface area contributed by atoms with E-state index in [4.69, 9.17) is 4.74 Å². The van der Waals surface area contributed by atoms with Crippen LogP contribution in [0.1, 0.15) is 25.7 Å². The first-order chi connectivity index (χ1) is 10.8. The molecule has 1 aliphatic rings. The van der Waals surface area contributed by atoms with Gasteiger partial charge in [0.2, 0.25) is 0 Å². The fourth-order valence-corrected chi connectivity index (χ4v) is 2.50. The van der Waals surface area contributed by atoms with E-state index < -0.39 is 0 Å². The Morgan fingerprint density at radius 1 is 1.14 bits per heavy atom. The van der Waals surface area contributed by atoms with E-state index in [9.17, 15) is 4.79 Å². The highest BCUT2D eigenvalue weighted by atomic mass is 16.5. The number of amides is 2. The zero-order valence-corrected chi connectivity index (χ0v) is 12.2. The maximum atomic E-state index is 12.0. The third kappa shape index (κ3) is 3.94. The van der Waals surface area contributed by atoms with Crippen molar-refractivity contribution in [1.29, 1.82) is 0 Å². The van der Waals surface area contributed by atoms with Crippen molar-refractivity contribution in [1.82, 2.24) is 15.3 Å². The van der Waals surface area contributed by atoms with Crippen molar-refractivity contribution in [3.8, 4) is 11.8 Å².